The number of terminal acetylenes is 1. The van der Waals surface area contributed by atoms with Gasteiger partial charge in [0.05, 0.1) is 19.1 Å². The lowest BCUT2D eigenvalue weighted by Gasteiger charge is -2.11. The maximum absolute atomic E-state index is 12.4. The Morgan fingerprint density at radius 2 is 2.08 bits per heavy atom. The number of rotatable bonds is 6. The third-order valence-electron chi connectivity index (χ3n) is 3.27. The number of esters is 1. The molecule has 1 aromatic carbocycles. The summed E-state index contributed by atoms with van der Waals surface area (Å²) in [6.07, 6.45) is 6.71. The smallest absolute Gasteiger partial charge is 0.325 e. The van der Waals surface area contributed by atoms with Crippen LogP contribution >= 0.6 is 27.7 Å². The second-order valence-corrected chi connectivity index (χ2v) is 6.71. The molecule has 9 heteroatoms. The number of amides is 2. The quantitative estimate of drug-likeness (QED) is 0.382. The van der Waals surface area contributed by atoms with Crippen molar-refractivity contribution >= 4 is 50.9 Å². The van der Waals surface area contributed by atoms with Crippen LogP contribution in [0.1, 0.15) is 5.56 Å². The minimum atomic E-state index is -0.675. The summed E-state index contributed by atoms with van der Waals surface area (Å²) in [4.78, 5) is 36.7. The van der Waals surface area contributed by atoms with Gasteiger partial charge in [0.2, 0.25) is 0 Å². The summed E-state index contributed by atoms with van der Waals surface area (Å²) in [7, 11) is 2.66. The molecule has 1 saturated heterocycles. The summed E-state index contributed by atoms with van der Waals surface area (Å²) >= 11 is 4.13. The molecule has 0 radical (unpaired) electrons. The van der Waals surface area contributed by atoms with Crippen molar-refractivity contribution in [2.24, 2.45) is 0 Å². The topological polar surface area (TPSA) is 82.1 Å². The van der Waals surface area contributed by atoms with Crippen molar-refractivity contribution in [3.63, 3.8) is 0 Å². The Labute approximate surface area is 162 Å². The van der Waals surface area contributed by atoms with Crippen molar-refractivity contribution in [2.45, 2.75) is 0 Å². The average Bonchev–Trinajstić information content (AvgIpc) is 2.88. The fraction of sp³-hybridized carbons (Fsp3) is 0.235. The van der Waals surface area contributed by atoms with Crippen LogP contribution in [-0.2, 0) is 14.3 Å². The van der Waals surface area contributed by atoms with Crippen LogP contribution in [0, 0.1) is 12.3 Å². The van der Waals surface area contributed by atoms with Gasteiger partial charge < -0.3 is 14.2 Å². The second kappa shape index (κ2) is 8.78. The molecule has 2 rings (SSSR count). The van der Waals surface area contributed by atoms with Gasteiger partial charge in [0.15, 0.2) is 11.5 Å². The number of methoxy groups -OCH3 is 2. The number of hydrogen-bond acceptors (Lipinski definition) is 7. The molecule has 0 atom stereocenters. The van der Waals surface area contributed by atoms with Gasteiger partial charge in [-0.25, -0.2) is 0 Å². The second-order valence-electron chi connectivity index (χ2n) is 4.86. The lowest BCUT2D eigenvalue weighted by atomic mass is 10.2. The van der Waals surface area contributed by atoms with E-state index in [1.54, 1.807) is 12.1 Å². The lowest BCUT2D eigenvalue weighted by Crippen LogP contribution is -2.34. The van der Waals surface area contributed by atoms with Crippen LogP contribution in [-0.4, -0.2) is 49.4 Å². The summed E-state index contributed by atoms with van der Waals surface area (Å²) in [5.41, 5.74) is 0.596. The first-order chi connectivity index (χ1) is 12.4. The molecule has 0 unspecified atom stereocenters. The third-order valence-corrected chi connectivity index (χ3v) is 4.86. The van der Waals surface area contributed by atoms with Crippen LogP contribution in [0.25, 0.3) is 6.08 Å². The normalized spacial score (nSPS) is 15.2. The fourth-order valence-electron chi connectivity index (χ4n) is 2.02. The zero-order chi connectivity index (χ0) is 19.3. The molecule has 1 aromatic rings. The van der Waals surface area contributed by atoms with Gasteiger partial charge in [-0.05, 0) is 35.5 Å². The summed E-state index contributed by atoms with van der Waals surface area (Å²) in [5, 5.41) is -0.538. The Kier molecular flexibility index (Phi) is 6.71. The SMILES string of the molecule is C#CCOc1cc(Br)c(/C=C2/SC(=O)N(CC(=O)OC)C2=O)cc1OC. The molecule has 1 fully saturated rings. The molecule has 0 spiro atoms. The molecule has 0 aliphatic carbocycles. The Morgan fingerprint density at radius 1 is 1.35 bits per heavy atom. The highest BCUT2D eigenvalue weighted by molar-refractivity contribution is 9.10. The number of carbonyl (C=O) groups is 3. The van der Waals surface area contributed by atoms with E-state index in [0.717, 1.165) is 16.7 Å². The van der Waals surface area contributed by atoms with Gasteiger partial charge >= 0.3 is 5.97 Å². The summed E-state index contributed by atoms with van der Waals surface area (Å²) in [5.74, 6) is 1.98. The predicted octanol–water partition coefficient (Wildman–Crippen LogP) is 2.68. The molecule has 0 bridgehead atoms. The van der Waals surface area contributed by atoms with E-state index in [0.29, 0.717) is 21.5 Å². The van der Waals surface area contributed by atoms with Crippen LogP contribution in [0.2, 0.25) is 0 Å². The summed E-state index contributed by atoms with van der Waals surface area (Å²) in [6, 6.07) is 3.30. The van der Waals surface area contributed by atoms with E-state index < -0.39 is 23.7 Å². The predicted molar refractivity (Wildman–Crippen MR) is 99.7 cm³/mol. The van der Waals surface area contributed by atoms with Crippen molar-refractivity contribution in [3.05, 3.63) is 27.1 Å². The third kappa shape index (κ3) is 4.39. The Morgan fingerprint density at radius 3 is 2.69 bits per heavy atom. The number of benzene rings is 1. The van der Waals surface area contributed by atoms with Crippen molar-refractivity contribution < 1.29 is 28.6 Å². The van der Waals surface area contributed by atoms with Crippen LogP contribution in [0.3, 0.4) is 0 Å². The van der Waals surface area contributed by atoms with Crippen LogP contribution in [0.5, 0.6) is 11.5 Å². The van der Waals surface area contributed by atoms with E-state index in [2.05, 4.69) is 26.6 Å². The van der Waals surface area contributed by atoms with Crippen LogP contribution < -0.4 is 9.47 Å². The molecule has 26 heavy (non-hydrogen) atoms. The lowest BCUT2D eigenvalue weighted by molar-refractivity contribution is -0.143. The number of imide groups is 1. The molecule has 0 saturated carbocycles. The monoisotopic (exact) mass is 439 g/mol. The fourth-order valence-corrected chi connectivity index (χ4v) is 3.29. The van der Waals surface area contributed by atoms with Gasteiger partial charge in [0, 0.05) is 4.47 Å². The van der Waals surface area contributed by atoms with Crippen molar-refractivity contribution in [2.75, 3.05) is 27.4 Å². The Balaban J connectivity index is 2.32. The number of ether oxygens (including phenoxy) is 3. The highest BCUT2D eigenvalue weighted by Gasteiger charge is 2.36. The van der Waals surface area contributed by atoms with E-state index >= 15 is 0 Å². The van der Waals surface area contributed by atoms with Gasteiger partial charge in [-0.1, -0.05) is 21.9 Å². The maximum Gasteiger partial charge on any atom is 0.325 e. The van der Waals surface area contributed by atoms with E-state index in [1.165, 1.54) is 20.3 Å². The minimum absolute atomic E-state index is 0.0779. The zero-order valence-electron chi connectivity index (χ0n) is 13.9. The number of thioether (sulfide) groups is 1. The largest absolute Gasteiger partial charge is 0.493 e. The molecular weight excluding hydrogens is 426 g/mol. The van der Waals surface area contributed by atoms with Gasteiger partial charge in [-0.3, -0.25) is 19.3 Å². The summed E-state index contributed by atoms with van der Waals surface area (Å²) < 4.78 is 15.8. The molecule has 0 aromatic heterocycles. The van der Waals surface area contributed by atoms with E-state index in [1.807, 2.05) is 0 Å². The summed E-state index contributed by atoms with van der Waals surface area (Å²) in [6.45, 7) is -0.351. The first-order valence-electron chi connectivity index (χ1n) is 7.17. The Hall–Kier alpha value is -2.44. The van der Waals surface area contributed by atoms with Gasteiger partial charge in [0.25, 0.3) is 11.1 Å². The number of nitrogens with zero attached hydrogens (tertiary/aromatic N) is 1. The van der Waals surface area contributed by atoms with E-state index in [4.69, 9.17) is 15.9 Å². The van der Waals surface area contributed by atoms with Crippen LogP contribution in [0.4, 0.5) is 4.79 Å². The van der Waals surface area contributed by atoms with Gasteiger partial charge in [-0.15, -0.1) is 6.42 Å². The number of halogens is 1. The number of hydrogen-bond donors (Lipinski definition) is 0. The molecule has 1 aliphatic rings. The number of carbonyl (C=O) groups excluding carboxylic acids is 3. The highest BCUT2D eigenvalue weighted by Crippen LogP contribution is 2.37. The first kappa shape index (κ1) is 19.9. The van der Waals surface area contributed by atoms with Crippen molar-refractivity contribution in [1.29, 1.82) is 0 Å². The molecule has 1 aliphatic heterocycles. The maximum atomic E-state index is 12.4. The standard InChI is InChI=1S/C17H14BrNO6S/c1-4-5-25-13-8-11(18)10(6-12(13)23-2)7-14-16(21)19(17(22)26-14)9-15(20)24-3/h1,6-8H,5,9H2,2-3H3/b14-7+. The zero-order valence-corrected chi connectivity index (χ0v) is 16.3. The molecule has 0 N–H and O–H groups in total. The minimum Gasteiger partial charge on any atom is -0.493 e. The molecule has 1 heterocycles. The molecule has 2 amide bonds. The molecule has 7 nitrogen and oxygen atoms in total. The van der Waals surface area contributed by atoms with Crippen LogP contribution in [0.15, 0.2) is 21.5 Å². The highest BCUT2D eigenvalue weighted by atomic mass is 79.9. The van der Waals surface area contributed by atoms with Gasteiger partial charge in [-0.2, -0.15) is 0 Å². The van der Waals surface area contributed by atoms with Crippen molar-refractivity contribution in [1.82, 2.24) is 4.90 Å². The molecular formula is C17H14BrNO6S. The van der Waals surface area contributed by atoms with E-state index in [9.17, 15) is 14.4 Å². The average molecular weight is 440 g/mol. The Bertz CT molecular complexity index is 829. The van der Waals surface area contributed by atoms with Crippen molar-refractivity contribution in [3.8, 4) is 23.8 Å². The first-order valence-corrected chi connectivity index (χ1v) is 8.78. The van der Waals surface area contributed by atoms with Gasteiger partial charge in [0.1, 0.15) is 13.2 Å². The van der Waals surface area contributed by atoms with E-state index in [-0.39, 0.29) is 11.5 Å². The molecule has 136 valence electrons.